The Morgan fingerprint density at radius 1 is 1.21 bits per heavy atom. The SMILES string of the molecule is O=C(Nc1nc(-c2ccco2)c(N2CCOCC2)s1)c1ccc(CCBr)cc1. The highest BCUT2D eigenvalue weighted by Crippen LogP contribution is 2.39. The first-order valence-corrected chi connectivity index (χ1v) is 11.0. The molecule has 0 saturated carbocycles. The van der Waals surface area contributed by atoms with Crippen molar-refractivity contribution in [2.45, 2.75) is 6.42 Å². The normalized spacial score (nSPS) is 14.2. The maximum atomic E-state index is 12.7. The lowest BCUT2D eigenvalue weighted by Gasteiger charge is -2.27. The molecular formula is C20H20BrN3O3S. The summed E-state index contributed by atoms with van der Waals surface area (Å²) in [4.78, 5) is 19.5. The summed E-state index contributed by atoms with van der Waals surface area (Å²) in [5, 5.41) is 5.38. The molecule has 28 heavy (non-hydrogen) atoms. The fraction of sp³-hybridized carbons (Fsp3) is 0.300. The van der Waals surface area contributed by atoms with Gasteiger partial charge in [0.25, 0.3) is 5.91 Å². The number of aromatic nitrogens is 1. The molecule has 1 amide bonds. The predicted molar refractivity (Wildman–Crippen MR) is 115 cm³/mol. The minimum atomic E-state index is -0.168. The van der Waals surface area contributed by atoms with Crippen LogP contribution in [0.4, 0.5) is 10.1 Å². The number of hydrogen-bond donors (Lipinski definition) is 1. The number of carbonyl (C=O) groups excluding carboxylic acids is 1. The molecule has 3 aromatic rings. The lowest BCUT2D eigenvalue weighted by atomic mass is 10.1. The first-order chi connectivity index (χ1) is 13.7. The van der Waals surface area contributed by atoms with E-state index in [1.54, 1.807) is 6.26 Å². The second-order valence-corrected chi connectivity index (χ2v) is 8.11. The Balaban J connectivity index is 1.56. The molecule has 6 nitrogen and oxygen atoms in total. The Hall–Kier alpha value is -2.16. The molecule has 0 spiro atoms. The number of hydrogen-bond acceptors (Lipinski definition) is 6. The summed E-state index contributed by atoms with van der Waals surface area (Å²) in [5.74, 6) is 0.524. The van der Waals surface area contributed by atoms with E-state index in [2.05, 4.69) is 31.1 Å². The number of thiazole rings is 1. The van der Waals surface area contributed by atoms with Crippen molar-refractivity contribution in [3.63, 3.8) is 0 Å². The molecule has 8 heteroatoms. The van der Waals surface area contributed by atoms with Crippen molar-refractivity contribution < 1.29 is 13.9 Å². The molecule has 0 unspecified atom stereocenters. The van der Waals surface area contributed by atoms with E-state index in [1.807, 2.05) is 36.4 Å². The summed E-state index contributed by atoms with van der Waals surface area (Å²) >= 11 is 4.89. The van der Waals surface area contributed by atoms with E-state index < -0.39 is 0 Å². The average molecular weight is 462 g/mol. The molecule has 0 bridgehead atoms. The number of furan rings is 1. The van der Waals surface area contributed by atoms with Gasteiger partial charge in [0, 0.05) is 24.0 Å². The van der Waals surface area contributed by atoms with Crippen LogP contribution >= 0.6 is 27.3 Å². The van der Waals surface area contributed by atoms with Crippen molar-refractivity contribution >= 4 is 43.3 Å². The van der Waals surface area contributed by atoms with Gasteiger partial charge in [0.15, 0.2) is 10.9 Å². The third-order valence-electron chi connectivity index (χ3n) is 4.48. The van der Waals surface area contributed by atoms with Crippen LogP contribution in [0.25, 0.3) is 11.5 Å². The van der Waals surface area contributed by atoms with Gasteiger partial charge in [-0.05, 0) is 36.2 Å². The molecule has 1 fully saturated rings. The molecule has 4 rings (SSSR count). The molecule has 0 aliphatic carbocycles. The molecule has 1 aliphatic rings. The van der Waals surface area contributed by atoms with Crippen LogP contribution in [0.2, 0.25) is 0 Å². The molecule has 1 N–H and O–H groups in total. The number of rotatable bonds is 6. The minimum Gasteiger partial charge on any atom is -0.463 e. The maximum absolute atomic E-state index is 12.7. The van der Waals surface area contributed by atoms with Gasteiger partial charge in [-0.25, -0.2) is 4.98 Å². The summed E-state index contributed by atoms with van der Waals surface area (Å²) in [7, 11) is 0. The van der Waals surface area contributed by atoms with Gasteiger partial charge in [-0.3, -0.25) is 10.1 Å². The van der Waals surface area contributed by atoms with Crippen molar-refractivity contribution in [1.82, 2.24) is 4.98 Å². The first kappa shape index (κ1) is 19.2. The summed E-state index contributed by atoms with van der Waals surface area (Å²) in [6, 6.07) is 11.4. The zero-order valence-corrected chi connectivity index (χ0v) is 17.6. The molecule has 0 radical (unpaired) electrons. The second kappa shape index (κ2) is 8.89. The fourth-order valence-corrected chi connectivity index (χ4v) is 4.50. The minimum absolute atomic E-state index is 0.168. The van der Waals surface area contributed by atoms with Crippen LogP contribution in [-0.4, -0.2) is 42.5 Å². The van der Waals surface area contributed by atoms with Gasteiger partial charge in [-0.1, -0.05) is 39.4 Å². The molecule has 2 aromatic heterocycles. The highest BCUT2D eigenvalue weighted by molar-refractivity contribution is 9.09. The molecule has 1 aromatic carbocycles. The zero-order valence-electron chi connectivity index (χ0n) is 15.2. The topological polar surface area (TPSA) is 67.6 Å². The summed E-state index contributed by atoms with van der Waals surface area (Å²) in [6.45, 7) is 2.94. The van der Waals surface area contributed by atoms with Gasteiger partial charge in [0.05, 0.1) is 19.5 Å². The molecule has 146 valence electrons. The van der Waals surface area contributed by atoms with Crippen LogP contribution in [0.5, 0.6) is 0 Å². The van der Waals surface area contributed by atoms with Crippen LogP contribution < -0.4 is 10.2 Å². The Kier molecular flexibility index (Phi) is 6.09. The van der Waals surface area contributed by atoms with Gasteiger partial charge in [0.1, 0.15) is 10.7 Å². The Labute approximate surface area is 175 Å². The fourth-order valence-electron chi connectivity index (χ4n) is 3.02. The average Bonchev–Trinajstić information content (AvgIpc) is 3.39. The van der Waals surface area contributed by atoms with Gasteiger partial charge in [-0.2, -0.15) is 0 Å². The lowest BCUT2D eigenvalue weighted by Crippen LogP contribution is -2.35. The van der Waals surface area contributed by atoms with E-state index in [0.29, 0.717) is 29.7 Å². The van der Waals surface area contributed by atoms with Gasteiger partial charge < -0.3 is 14.1 Å². The van der Waals surface area contributed by atoms with Crippen molar-refractivity contribution in [2.75, 3.05) is 41.9 Å². The van der Waals surface area contributed by atoms with E-state index in [-0.39, 0.29) is 5.91 Å². The molecule has 0 atom stereocenters. The molecular weight excluding hydrogens is 442 g/mol. The van der Waals surface area contributed by atoms with Gasteiger partial charge in [-0.15, -0.1) is 0 Å². The molecule has 3 heterocycles. The Morgan fingerprint density at radius 3 is 2.68 bits per heavy atom. The quantitative estimate of drug-likeness (QED) is 0.549. The molecule has 1 saturated heterocycles. The van der Waals surface area contributed by atoms with E-state index in [0.717, 1.165) is 35.5 Å². The molecule has 1 aliphatic heterocycles. The van der Waals surface area contributed by atoms with E-state index in [1.165, 1.54) is 16.9 Å². The zero-order chi connectivity index (χ0) is 19.3. The van der Waals surface area contributed by atoms with Crippen molar-refractivity contribution in [3.05, 3.63) is 53.8 Å². The van der Waals surface area contributed by atoms with E-state index in [9.17, 15) is 4.79 Å². The Morgan fingerprint density at radius 2 is 2.00 bits per heavy atom. The first-order valence-electron chi connectivity index (χ1n) is 9.08. The number of alkyl halides is 1. The van der Waals surface area contributed by atoms with Gasteiger partial charge in [0.2, 0.25) is 0 Å². The lowest BCUT2D eigenvalue weighted by molar-refractivity contribution is 0.102. The standard InChI is InChI=1S/C20H20BrN3O3S/c21-8-7-14-3-5-15(6-4-14)18(25)23-20-22-17(16-2-1-11-27-16)19(28-20)24-9-12-26-13-10-24/h1-6,11H,7-10,12-13H2,(H,22,23,25). The largest absolute Gasteiger partial charge is 0.463 e. The summed E-state index contributed by atoms with van der Waals surface area (Å²) < 4.78 is 11.0. The number of nitrogens with zero attached hydrogens (tertiary/aromatic N) is 2. The van der Waals surface area contributed by atoms with Crippen molar-refractivity contribution in [2.24, 2.45) is 0 Å². The number of ether oxygens (including phenoxy) is 1. The maximum Gasteiger partial charge on any atom is 0.257 e. The third-order valence-corrected chi connectivity index (χ3v) is 5.91. The predicted octanol–water partition coefficient (Wildman–Crippen LogP) is 4.43. The smallest absolute Gasteiger partial charge is 0.257 e. The van der Waals surface area contributed by atoms with Crippen LogP contribution in [0.15, 0.2) is 47.1 Å². The number of anilines is 2. The van der Waals surface area contributed by atoms with E-state index >= 15 is 0 Å². The van der Waals surface area contributed by atoms with Crippen LogP contribution in [0, 0.1) is 0 Å². The Bertz CT molecular complexity index is 919. The van der Waals surface area contributed by atoms with Crippen LogP contribution in [0.1, 0.15) is 15.9 Å². The van der Waals surface area contributed by atoms with Gasteiger partial charge >= 0.3 is 0 Å². The number of morpholine rings is 1. The highest BCUT2D eigenvalue weighted by atomic mass is 79.9. The number of benzene rings is 1. The summed E-state index contributed by atoms with van der Waals surface area (Å²) in [6.07, 6.45) is 2.56. The third kappa shape index (κ3) is 4.29. The number of aryl methyl sites for hydroxylation is 1. The number of carbonyl (C=O) groups is 1. The second-order valence-electron chi connectivity index (χ2n) is 6.34. The number of nitrogens with one attached hydrogen (secondary N) is 1. The number of amides is 1. The highest BCUT2D eigenvalue weighted by Gasteiger charge is 2.23. The summed E-state index contributed by atoms with van der Waals surface area (Å²) in [5.41, 5.74) is 2.55. The van der Waals surface area contributed by atoms with Crippen LogP contribution in [-0.2, 0) is 11.2 Å². The van der Waals surface area contributed by atoms with Crippen molar-refractivity contribution in [3.8, 4) is 11.5 Å². The van der Waals surface area contributed by atoms with E-state index in [4.69, 9.17) is 9.15 Å². The number of halogens is 1. The monoisotopic (exact) mass is 461 g/mol. The van der Waals surface area contributed by atoms with Crippen LogP contribution in [0.3, 0.4) is 0 Å². The van der Waals surface area contributed by atoms with Crippen molar-refractivity contribution in [1.29, 1.82) is 0 Å².